The van der Waals surface area contributed by atoms with Crippen LogP contribution in [0.1, 0.15) is 144 Å². The van der Waals surface area contributed by atoms with Crippen LogP contribution in [0.4, 0.5) is 28.7 Å². The van der Waals surface area contributed by atoms with Gasteiger partial charge in [0, 0.05) is 92.7 Å². The van der Waals surface area contributed by atoms with Crippen molar-refractivity contribution in [2.24, 2.45) is 17.9 Å². The third-order valence-electron chi connectivity index (χ3n) is 18.4. The number of carbonyl (C=O) groups excluding carboxylic acids is 5. The number of aliphatic hydroxyl groups excluding tert-OH is 1. The number of benzene rings is 1. The third-order valence-corrected chi connectivity index (χ3v) is 19.7. The first-order valence-electron chi connectivity index (χ1n) is 28.1. The molecule has 4 aromatic heterocycles. The van der Waals surface area contributed by atoms with Crippen LogP contribution < -0.4 is 30.9 Å². The molecule has 78 heavy (non-hydrogen) atoms. The van der Waals surface area contributed by atoms with Gasteiger partial charge < -0.3 is 24.8 Å². The number of amides is 5. The molecule has 5 amide bonds. The zero-order chi connectivity index (χ0) is 54.4. The highest BCUT2D eigenvalue weighted by molar-refractivity contribution is 7.14. The van der Waals surface area contributed by atoms with Crippen LogP contribution in [0.25, 0.3) is 11.1 Å². The number of hydrogen-bond donors (Lipinski definition) is 3. The van der Waals surface area contributed by atoms with Crippen LogP contribution in [0, 0.1) is 10.8 Å². The molecule has 18 heteroatoms. The fraction of sp³-hybridized carbons (Fsp3) is 0.500. The van der Waals surface area contributed by atoms with E-state index in [-0.39, 0.29) is 53.8 Å². The normalized spacial score (nSPS) is 24.9. The van der Waals surface area contributed by atoms with Crippen LogP contribution in [-0.4, -0.2) is 116 Å². The van der Waals surface area contributed by atoms with E-state index in [1.807, 2.05) is 30.5 Å². The van der Waals surface area contributed by atoms with Gasteiger partial charge >= 0.3 is 0 Å². The van der Waals surface area contributed by atoms with Gasteiger partial charge in [-0.15, -0.1) is 11.3 Å². The zero-order valence-corrected chi connectivity index (χ0v) is 46.2. The molecule has 7 aliphatic rings. The number of imide groups is 2. The predicted octanol–water partition coefficient (Wildman–Crippen LogP) is 7.78. The van der Waals surface area contributed by atoms with E-state index in [9.17, 15) is 33.9 Å². The fourth-order valence-corrected chi connectivity index (χ4v) is 15.6. The Labute approximate surface area is 459 Å². The van der Waals surface area contributed by atoms with Crippen LogP contribution in [-0.2, 0) is 42.5 Å². The summed E-state index contributed by atoms with van der Waals surface area (Å²) in [5.74, 6) is -1.03. The number of thiophene rings is 1. The lowest BCUT2D eigenvalue weighted by Gasteiger charge is -2.55. The van der Waals surface area contributed by atoms with Crippen molar-refractivity contribution >= 4 is 69.6 Å². The molecular formula is C60H70N10O7S. The summed E-state index contributed by atoms with van der Waals surface area (Å²) in [5, 5.41) is 16.5. The first-order valence-corrected chi connectivity index (χ1v) is 28.9. The number of piperazine rings is 1. The molecule has 12 rings (SSSR count). The lowest BCUT2D eigenvalue weighted by atomic mass is 9.62. The van der Waals surface area contributed by atoms with E-state index >= 15 is 0 Å². The van der Waals surface area contributed by atoms with Gasteiger partial charge in [-0.25, -0.2) is 9.97 Å². The number of aromatic nitrogens is 3. The first-order chi connectivity index (χ1) is 37.5. The molecule has 4 fully saturated rings. The van der Waals surface area contributed by atoms with Crippen LogP contribution in [0.15, 0.2) is 65.8 Å². The van der Waals surface area contributed by atoms with Crippen molar-refractivity contribution in [1.82, 2.24) is 29.7 Å². The van der Waals surface area contributed by atoms with Crippen molar-refractivity contribution in [2.45, 2.75) is 142 Å². The van der Waals surface area contributed by atoms with Gasteiger partial charge in [0.25, 0.3) is 23.3 Å². The molecule has 3 N–H and O–H groups in total. The summed E-state index contributed by atoms with van der Waals surface area (Å²) in [6.07, 6.45) is 17.4. The van der Waals surface area contributed by atoms with E-state index in [1.54, 1.807) is 47.8 Å². The molecule has 1 saturated carbocycles. The minimum atomic E-state index is -1.00. The van der Waals surface area contributed by atoms with E-state index in [2.05, 4.69) is 64.1 Å². The zero-order valence-electron chi connectivity index (χ0n) is 45.4. The van der Waals surface area contributed by atoms with Gasteiger partial charge in [-0.05, 0) is 148 Å². The first kappa shape index (κ1) is 52.0. The van der Waals surface area contributed by atoms with E-state index in [4.69, 9.17) is 4.98 Å². The van der Waals surface area contributed by atoms with E-state index in [0.717, 1.165) is 111 Å². The lowest BCUT2D eigenvalue weighted by Crippen LogP contribution is -2.57. The lowest BCUT2D eigenvalue weighted by molar-refractivity contribution is -0.136. The second kappa shape index (κ2) is 20.2. The Morgan fingerprint density at radius 2 is 1.64 bits per heavy atom. The molecule has 0 bridgehead atoms. The number of fused-ring (bicyclic) bond motifs is 4. The fourth-order valence-electron chi connectivity index (χ4n) is 14.2. The molecule has 9 heterocycles. The van der Waals surface area contributed by atoms with Crippen molar-refractivity contribution < 1.29 is 29.1 Å². The Bertz CT molecular complexity index is 3320. The number of hydrogen-bond acceptors (Lipinski definition) is 14. The molecule has 1 aromatic carbocycles. The summed E-state index contributed by atoms with van der Waals surface area (Å²) in [7, 11) is 1.71. The number of aryl methyl sites for hydroxylation is 2. The van der Waals surface area contributed by atoms with Crippen molar-refractivity contribution in [1.29, 1.82) is 0 Å². The molecule has 3 saturated heterocycles. The number of pyridine rings is 3. The highest BCUT2D eigenvalue weighted by Crippen LogP contribution is 2.52. The Hall–Kier alpha value is -6.76. The van der Waals surface area contributed by atoms with Gasteiger partial charge in [0.1, 0.15) is 23.4 Å². The number of rotatable bonds is 9. The average molecular weight is 1080 g/mol. The highest BCUT2D eigenvalue weighted by Gasteiger charge is 2.49. The van der Waals surface area contributed by atoms with E-state index in [0.29, 0.717) is 64.3 Å². The monoisotopic (exact) mass is 1070 g/mol. The number of carbonyl (C=O) groups is 5. The Balaban J connectivity index is 0.692. The quantitative estimate of drug-likeness (QED) is 0.121. The molecule has 0 radical (unpaired) electrons. The van der Waals surface area contributed by atoms with Gasteiger partial charge in [0.15, 0.2) is 0 Å². The van der Waals surface area contributed by atoms with Crippen LogP contribution >= 0.6 is 11.3 Å². The van der Waals surface area contributed by atoms with E-state index < -0.39 is 29.7 Å². The van der Waals surface area contributed by atoms with Crippen molar-refractivity contribution in [3.05, 3.63) is 109 Å². The molecule has 3 atom stereocenters. The smallest absolute Gasteiger partial charge is 0.274 e. The SMILES string of the molecule is C[C@H]1CN(C2CCC3(CC2)CCN(c2ccc(Nc4cc(-c5ccnc(N6CCc7c(sc8c7CCCC8)C6=O)c5CO)cn(C)c4=O)nc2)[C@@H](C(C)(C)C)C3)CCN1c1cccc2c1C(=O)N(C1CCC(=O)NC1=O)C2=O. The minimum Gasteiger partial charge on any atom is -0.392 e. The maximum absolute atomic E-state index is 14.1. The summed E-state index contributed by atoms with van der Waals surface area (Å²) in [6, 6.07) is 12.9. The second-order valence-corrected chi connectivity index (χ2v) is 25.2. The van der Waals surface area contributed by atoms with Crippen LogP contribution in [0.2, 0.25) is 0 Å². The van der Waals surface area contributed by atoms with Crippen LogP contribution in [0.5, 0.6) is 0 Å². The minimum absolute atomic E-state index is 0.00397. The molecule has 5 aromatic rings. The predicted molar refractivity (Wildman–Crippen MR) is 301 cm³/mol. The highest BCUT2D eigenvalue weighted by atomic mass is 32.1. The average Bonchev–Trinajstić information content (AvgIpc) is 4.06. The van der Waals surface area contributed by atoms with Gasteiger partial charge in [0.05, 0.1) is 40.2 Å². The van der Waals surface area contributed by atoms with E-state index in [1.165, 1.54) is 20.6 Å². The van der Waals surface area contributed by atoms with Gasteiger partial charge in [-0.2, -0.15) is 0 Å². The Morgan fingerprint density at radius 1 is 0.833 bits per heavy atom. The summed E-state index contributed by atoms with van der Waals surface area (Å²) < 4.78 is 1.53. The second-order valence-electron chi connectivity index (χ2n) is 24.1. The molecule has 1 unspecified atom stereocenters. The molecule has 2 aliphatic carbocycles. The number of piperidine rings is 2. The largest absolute Gasteiger partial charge is 0.392 e. The van der Waals surface area contributed by atoms with Crippen molar-refractivity contribution in [3.8, 4) is 11.1 Å². The van der Waals surface area contributed by atoms with Gasteiger partial charge in [-0.1, -0.05) is 26.8 Å². The standard InChI is InChI=1S/C60H70N10O7S/c1-35-32-66(27-28-67(35)45-11-8-10-42-51(45)57(76)70(55(42)74)46-14-16-50(72)64-54(46)73)37-17-21-60(22-18-37)23-26-68(48(30-60)59(2,3)4)38-13-15-49(62-31-38)63-44-29-36(33-65(5)56(44)75)39-19-24-61-53(43(39)34-71)69-25-20-41-40-9-6-7-12-47(40)78-52(41)58(69)77/h8,10-11,13,15,19,24,29,31,33,35,37,46,48,71H,6-7,9,12,14,16-18,20-23,25-28,30,32,34H2,1-5H3,(H,62,63)(H,64,72,73)/t35-,37?,46?,48+,60?/m0/s1. The molecule has 5 aliphatic heterocycles. The Kier molecular flexibility index (Phi) is 13.4. The van der Waals surface area contributed by atoms with Crippen LogP contribution in [0.3, 0.4) is 0 Å². The maximum atomic E-state index is 14.1. The number of aliphatic hydroxyl groups is 1. The maximum Gasteiger partial charge on any atom is 0.274 e. The summed E-state index contributed by atoms with van der Waals surface area (Å²) in [4.78, 5) is 102. The molecule has 1 spiro atoms. The third kappa shape index (κ3) is 9.10. The number of nitrogens with zero attached hydrogens (tertiary/aromatic N) is 8. The summed E-state index contributed by atoms with van der Waals surface area (Å²) in [6.45, 7) is 12.7. The van der Waals surface area contributed by atoms with Crippen molar-refractivity contribution in [3.63, 3.8) is 0 Å². The summed E-state index contributed by atoms with van der Waals surface area (Å²) >= 11 is 1.63. The number of anilines is 5. The van der Waals surface area contributed by atoms with Crippen molar-refractivity contribution in [2.75, 3.05) is 52.7 Å². The Morgan fingerprint density at radius 3 is 2.38 bits per heavy atom. The molecule has 17 nitrogen and oxygen atoms in total. The van der Waals surface area contributed by atoms with Gasteiger partial charge in [-0.3, -0.25) is 48.8 Å². The molecule has 408 valence electrons. The summed E-state index contributed by atoms with van der Waals surface area (Å²) in [5.41, 5.74) is 7.30. The topological polar surface area (TPSA) is 194 Å². The molecular weight excluding hydrogens is 1000 g/mol. The number of nitrogens with one attached hydrogen (secondary N) is 2. The van der Waals surface area contributed by atoms with Gasteiger partial charge in [0.2, 0.25) is 11.8 Å².